The fourth-order valence-corrected chi connectivity index (χ4v) is 0.830. The summed E-state index contributed by atoms with van der Waals surface area (Å²) < 4.78 is 4.66. The molecule has 4 nitrogen and oxygen atoms in total. The number of nitrogens with two attached hydrogens (primary N) is 1. The number of rotatable bonds is 0. The molecule has 0 unspecified atom stereocenters. The highest BCUT2D eigenvalue weighted by Crippen LogP contribution is 2.23. The lowest BCUT2D eigenvalue weighted by Gasteiger charge is -1.91. The van der Waals surface area contributed by atoms with E-state index in [1.807, 2.05) is 0 Å². The number of aromatic nitrogens is 2. The third-order valence-corrected chi connectivity index (χ3v) is 1.32. The van der Waals surface area contributed by atoms with Crippen LogP contribution >= 0.6 is 0 Å². The quantitative estimate of drug-likeness (QED) is 0.579. The molecule has 0 amide bonds. The number of anilines is 1. The molecule has 0 atom stereocenters. The van der Waals surface area contributed by atoms with Crippen molar-refractivity contribution in [2.75, 3.05) is 5.73 Å². The van der Waals surface area contributed by atoms with Gasteiger partial charge in [0.25, 0.3) is 0 Å². The number of nitrogen functional groups attached to an aromatic ring is 1. The van der Waals surface area contributed by atoms with E-state index in [9.17, 15) is 0 Å². The maximum Gasteiger partial charge on any atom is 0.133 e. The van der Waals surface area contributed by atoms with E-state index in [1.165, 1.54) is 6.26 Å². The van der Waals surface area contributed by atoms with Crippen molar-refractivity contribution in [3.63, 3.8) is 0 Å². The van der Waals surface area contributed by atoms with E-state index < -0.39 is 0 Å². The molecule has 0 aromatic heterocycles. The lowest BCUT2D eigenvalue weighted by Crippen LogP contribution is -1.86. The molecule has 10 heavy (non-hydrogen) atoms. The molecular formula is C6H5N3O. The van der Waals surface area contributed by atoms with E-state index in [-0.39, 0.29) is 0 Å². The normalized spacial score (nSPS) is 10.4. The molecule has 0 saturated carbocycles. The second-order valence-electron chi connectivity index (χ2n) is 1.94. The van der Waals surface area contributed by atoms with Gasteiger partial charge < -0.3 is 10.3 Å². The van der Waals surface area contributed by atoms with Gasteiger partial charge in [0.1, 0.15) is 17.8 Å². The summed E-state index contributed by atoms with van der Waals surface area (Å²) in [5.74, 6) is 0.498. The second-order valence-corrected chi connectivity index (χ2v) is 1.94. The van der Waals surface area contributed by atoms with Gasteiger partial charge in [0.15, 0.2) is 0 Å². The summed E-state index contributed by atoms with van der Waals surface area (Å²) in [7, 11) is 0. The largest absolute Gasteiger partial charge is 0.383 e. The Labute approximate surface area is 57.0 Å². The molecule has 2 N–H and O–H groups in total. The Hall–Kier alpha value is -1.58. The zero-order chi connectivity index (χ0) is 6.97. The summed E-state index contributed by atoms with van der Waals surface area (Å²) >= 11 is 0. The molecule has 2 heterocycles. The van der Waals surface area contributed by atoms with Crippen molar-refractivity contribution in [2.45, 2.75) is 0 Å². The third kappa shape index (κ3) is 0.556. The Balaban J connectivity index is 2.78. The molecule has 0 radical (unpaired) electrons. The Morgan fingerprint density at radius 2 is 2.40 bits per heavy atom. The van der Waals surface area contributed by atoms with Gasteiger partial charge in [-0.25, -0.2) is 4.98 Å². The van der Waals surface area contributed by atoms with Crippen LogP contribution in [0.25, 0.3) is 11.3 Å². The molecule has 0 fully saturated rings. The first-order valence-corrected chi connectivity index (χ1v) is 2.82. The molecule has 4 heteroatoms. The molecule has 0 saturated heterocycles. The zero-order valence-corrected chi connectivity index (χ0v) is 5.11. The maximum atomic E-state index is 5.48. The molecule has 0 aromatic carbocycles. The highest BCUT2D eigenvalue weighted by atomic mass is 16.4. The molecule has 0 aromatic rings. The van der Waals surface area contributed by atoms with E-state index in [0.717, 1.165) is 5.56 Å². The van der Waals surface area contributed by atoms with Gasteiger partial charge in [0.05, 0.1) is 11.8 Å². The van der Waals surface area contributed by atoms with Crippen molar-refractivity contribution in [1.29, 1.82) is 0 Å². The Morgan fingerprint density at radius 1 is 1.50 bits per heavy atom. The fourth-order valence-electron chi connectivity index (χ4n) is 0.830. The first kappa shape index (κ1) is 5.22. The number of hydrogen-bond acceptors (Lipinski definition) is 4. The summed E-state index contributed by atoms with van der Waals surface area (Å²) in [5, 5.41) is 3.68. The average molecular weight is 135 g/mol. The minimum Gasteiger partial charge on any atom is -0.383 e. The van der Waals surface area contributed by atoms with Gasteiger partial charge in [-0.2, -0.15) is 0 Å². The summed E-state index contributed by atoms with van der Waals surface area (Å²) in [6.45, 7) is 0. The topological polar surface area (TPSA) is 64.9 Å². The van der Waals surface area contributed by atoms with Crippen molar-refractivity contribution in [2.24, 2.45) is 0 Å². The monoisotopic (exact) mass is 135 g/mol. The van der Waals surface area contributed by atoms with Crippen molar-refractivity contribution in [3.05, 3.63) is 18.5 Å². The van der Waals surface area contributed by atoms with Crippen LogP contribution in [0.3, 0.4) is 0 Å². The van der Waals surface area contributed by atoms with E-state index in [2.05, 4.69) is 14.7 Å². The molecule has 2 rings (SSSR count). The average Bonchev–Trinajstić information content (AvgIpc) is 2.34. The lowest BCUT2D eigenvalue weighted by molar-refractivity contribution is 0.403. The second kappa shape index (κ2) is 1.70. The number of fused-ring (bicyclic) bond motifs is 1. The third-order valence-electron chi connectivity index (χ3n) is 1.32. The van der Waals surface area contributed by atoms with E-state index in [0.29, 0.717) is 11.5 Å². The lowest BCUT2D eigenvalue weighted by atomic mass is 10.2. The van der Waals surface area contributed by atoms with Gasteiger partial charge in [-0.05, 0) is 6.07 Å². The van der Waals surface area contributed by atoms with Crippen LogP contribution in [0.1, 0.15) is 0 Å². The molecule has 2 aliphatic rings. The number of hydrogen-bond donors (Lipinski definition) is 1. The van der Waals surface area contributed by atoms with Gasteiger partial charge >= 0.3 is 0 Å². The van der Waals surface area contributed by atoms with E-state index in [1.54, 1.807) is 12.3 Å². The Kier molecular flexibility index (Phi) is 0.887. The standard InChI is InChI=1S/C6H5N3O/c7-6-4-1-2-10-9-5(4)3-8-6/h1-3H,7H2. The SMILES string of the molecule is Nc1ncc2noccc1-2. The highest BCUT2D eigenvalue weighted by Gasteiger charge is 2.08. The van der Waals surface area contributed by atoms with E-state index >= 15 is 0 Å². The summed E-state index contributed by atoms with van der Waals surface area (Å²) in [6, 6.07) is 1.74. The van der Waals surface area contributed by atoms with Crippen LogP contribution in [0, 0.1) is 0 Å². The smallest absolute Gasteiger partial charge is 0.133 e. The summed E-state index contributed by atoms with van der Waals surface area (Å²) in [4.78, 5) is 3.85. The maximum absolute atomic E-state index is 5.48. The molecule has 0 aliphatic carbocycles. The van der Waals surface area contributed by atoms with Gasteiger partial charge in [-0.1, -0.05) is 5.16 Å². The van der Waals surface area contributed by atoms with Crippen molar-refractivity contribution in [3.8, 4) is 11.3 Å². The summed E-state index contributed by atoms with van der Waals surface area (Å²) in [5.41, 5.74) is 7.02. The van der Waals surface area contributed by atoms with Crippen molar-refractivity contribution in [1.82, 2.24) is 10.1 Å². The minimum atomic E-state index is 0.498. The predicted octanol–water partition coefficient (Wildman–Crippen LogP) is 0.757. The van der Waals surface area contributed by atoms with Crippen LogP contribution in [0.5, 0.6) is 0 Å². The zero-order valence-electron chi connectivity index (χ0n) is 5.11. The minimum absolute atomic E-state index is 0.498. The highest BCUT2D eigenvalue weighted by molar-refractivity contribution is 5.71. The molecule has 0 spiro atoms. The molecular weight excluding hydrogens is 130 g/mol. The fraction of sp³-hybridized carbons (Fsp3) is 0. The first-order valence-electron chi connectivity index (χ1n) is 2.82. The van der Waals surface area contributed by atoms with Crippen molar-refractivity contribution >= 4 is 5.82 Å². The van der Waals surface area contributed by atoms with Gasteiger partial charge in [-0.3, -0.25) is 0 Å². The van der Waals surface area contributed by atoms with Crippen LogP contribution in [-0.2, 0) is 0 Å². The van der Waals surface area contributed by atoms with Crippen LogP contribution in [0.2, 0.25) is 0 Å². The van der Waals surface area contributed by atoms with Crippen LogP contribution < -0.4 is 5.73 Å². The predicted molar refractivity (Wildman–Crippen MR) is 35.3 cm³/mol. The molecule has 50 valence electrons. The van der Waals surface area contributed by atoms with E-state index in [4.69, 9.17) is 5.73 Å². The number of nitrogens with zero attached hydrogens (tertiary/aromatic N) is 2. The van der Waals surface area contributed by atoms with Gasteiger partial charge in [0.2, 0.25) is 0 Å². The summed E-state index contributed by atoms with van der Waals surface area (Å²) in [6.07, 6.45) is 3.05. The Bertz CT molecular complexity index is 317. The van der Waals surface area contributed by atoms with Crippen LogP contribution in [-0.4, -0.2) is 10.1 Å². The first-order chi connectivity index (χ1) is 4.88. The van der Waals surface area contributed by atoms with Crippen LogP contribution in [0.4, 0.5) is 5.82 Å². The van der Waals surface area contributed by atoms with Crippen LogP contribution in [0.15, 0.2) is 23.0 Å². The van der Waals surface area contributed by atoms with Gasteiger partial charge in [0, 0.05) is 0 Å². The molecule has 2 aliphatic heterocycles. The Morgan fingerprint density at radius 3 is 3.20 bits per heavy atom. The molecule has 0 bridgehead atoms. The van der Waals surface area contributed by atoms with Gasteiger partial charge in [-0.15, -0.1) is 0 Å². The van der Waals surface area contributed by atoms with Crippen molar-refractivity contribution < 1.29 is 4.52 Å².